The number of carbonyl (C=O) groups is 2. The van der Waals surface area contributed by atoms with Crippen molar-refractivity contribution >= 4 is 11.9 Å². The number of carboxylic acid groups (broad SMARTS) is 1. The molecule has 2 unspecified atom stereocenters. The Bertz CT molecular complexity index is 363. The van der Waals surface area contributed by atoms with Crippen LogP contribution < -0.4 is 0 Å². The van der Waals surface area contributed by atoms with Gasteiger partial charge < -0.3 is 9.84 Å². The van der Waals surface area contributed by atoms with Crippen molar-refractivity contribution in [1.82, 2.24) is 0 Å². The summed E-state index contributed by atoms with van der Waals surface area (Å²) in [5.41, 5.74) is -1.01. The molecule has 1 fully saturated rings. The summed E-state index contributed by atoms with van der Waals surface area (Å²) >= 11 is 0. The van der Waals surface area contributed by atoms with Crippen molar-refractivity contribution in [2.24, 2.45) is 16.7 Å². The van der Waals surface area contributed by atoms with Gasteiger partial charge in [0.25, 0.3) is 0 Å². The quantitative estimate of drug-likeness (QED) is 0.453. The molecule has 1 rings (SSSR count). The summed E-state index contributed by atoms with van der Waals surface area (Å²) in [5, 5.41) is 9.29. The third-order valence-corrected chi connectivity index (χ3v) is 3.52. The maximum Gasteiger partial charge on any atom is 0.324 e. The van der Waals surface area contributed by atoms with Crippen molar-refractivity contribution in [3.8, 4) is 0 Å². The predicted molar refractivity (Wildman–Crippen MR) is 58.8 cm³/mol. The number of methoxy groups -OCH3 is 1. The van der Waals surface area contributed by atoms with Gasteiger partial charge in [0.15, 0.2) is 5.41 Å². The molecule has 4 heteroatoms. The highest BCUT2D eigenvalue weighted by molar-refractivity contribution is 6.05. The summed E-state index contributed by atoms with van der Waals surface area (Å²) in [6.07, 6.45) is 1.84. The maximum atomic E-state index is 11.7. The van der Waals surface area contributed by atoms with E-state index in [1.807, 2.05) is 19.9 Å². The van der Waals surface area contributed by atoms with Crippen LogP contribution in [0.1, 0.15) is 27.7 Å². The minimum atomic E-state index is -1.42. The lowest BCUT2D eigenvalue weighted by Gasteiger charge is -2.11. The molecule has 0 saturated heterocycles. The Morgan fingerprint density at radius 2 is 1.81 bits per heavy atom. The molecule has 16 heavy (non-hydrogen) atoms. The first-order chi connectivity index (χ1) is 7.22. The third-order valence-electron chi connectivity index (χ3n) is 3.52. The summed E-state index contributed by atoms with van der Waals surface area (Å²) < 4.78 is 4.64. The topological polar surface area (TPSA) is 63.6 Å². The Morgan fingerprint density at radius 3 is 2.12 bits per heavy atom. The molecule has 0 aromatic heterocycles. The van der Waals surface area contributed by atoms with E-state index in [2.05, 4.69) is 4.74 Å². The summed E-state index contributed by atoms with van der Waals surface area (Å²) in [6.45, 7) is 7.33. The fraction of sp³-hybridized carbons (Fsp3) is 0.667. The Kier molecular flexibility index (Phi) is 2.88. The SMILES string of the molecule is COC(=O)C1(C(=O)O)C(C=C(C)C)C1(C)C. The summed E-state index contributed by atoms with van der Waals surface area (Å²) in [4.78, 5) is 23.1. The Balaban J connectivity index is 3.21. The molecule has 2 atom stereocenters. The summed E-state index contributed by atoms with van der Waals surface area (Å²) in [5.74, 6) is -2.06. The van der Waals surface area contributed by atoms with Crippen molar-refractivity contribution in [2.75, 3.05) is 7.11 Å². The van der Waals surface area contributed by atoms with E-state index in [4.69, 9.17) is 0 Å². The van der Waals surface area contributed by atoms with Crippen molar-refractivity contribution in [2.45, 2.75) is 27.7 Å². The maximum absolute atomic E-state index is 11.7. The molecule has 0 bridgehead atoms. The van der Waals surface area contributed by atoms with E-state index in [1.54, 1.807) is 13.8 Å². The van der Waals surface area contributed by atoms with E-state index >= 15 is 0 Å². The van der Waals surface area contributed by atoms with Crippen LogP contribution in [0.25, 0.3) is 0 Å². The molecule has 4 nitrogen and oxygen atoms in total. The van der Waals surface area contributed by atoms with Crippen LogP contribution in [0.15, 0.2) is 11.6 Å². The molecule has 1 N–H and O–H groups in total. The molecule has 90 valence electrons. The number of aliphatic carboxylic acids is 1. The van der Waals surface area contributed by atoms with Crippen LogP contribution in [0.5, 0.6) is 0 Å². The van der Waals surface area contributed by atoms with Crippen LogP contribution in [-0.2, 0) is 14.3 Å². The van der Waals surface area contributed by atoms with Gasteiger partial charge in [0.2, 0.25) is 0 Å². The van der Waals surface area contributed by atoms with E-state index in [1.165, 1.54) is 7.11 Å². The Hall–Kier alpha value is -1.32. The van der Waals surface area contributed by atoms with E-state index in [0.717, 1.165) is 5.57 Å². The van der Waals surface area contributed by atoms with Crippen LogP contribution in [0.2, 0.25) is 0 Å². The van der Waals surface area contributed by atoms with Gasteiger partial charge in [-0.2, -0.15) is 0 Å². The molecule has 0 aliphatic heterocycles. The second-order valence-corrected chi connectivity index (χ2v) is 5.05. The minimum Gasteiger partial charge on any atom is -0.480 e. The van der Waals surface area contributed by atoms with Crippen LogP contribution in [0.3, 0.4) is 0 Å². The van der Waals surface area contributed by atoms with E-state index < -0.39 is 22.8 Å². The fourth-order valence-electron chi connectivity index (χ4n) is 2.52. The first kappa shape index (κ1) is 12.7. The predicted octanol–water partition coefficient (Wildman–Crippen LogP) is 1.85. The molecule has 0 heterocycles. The number of carbonyl (C=O) groups excluding carboxylic acids is 1. The van der Waals surface area contributed by atoms with Gasteiger partial charge in [0.1, 0.15) is 0 Å². The monoisotopic (exact) mass is 226 g/mol. The zero-order valence-corrected chi connectivity index (χ0v) is 10.3. The molecule has 0 radical (unpaired) electrons. The van der Waals surface area contributed by atoms with E-state index in [0.29, 0.717) is 0 Å². The molecule has 1 aliphatic rings. The first-order valence-electron chi connectivity index (χ1n) is 5.19. The summed E-state index contributed by atoms with van der Waals surface area (Å²) in [6, 6.07) is 0. The number of carboxylic acids is 1. The molecular weight excluding hydrogens is 208 g/mol. The molecule has 0 aromatic rings. The molecule has 0 spiro atoms. The highest BCUT2D eigenvalue weighted by atomic mass is 16.5. The van der Waals surface area contributed by atoms with Crippen LogP contribution in [-0.4, -0.2) is 24.2 Å². The number of hydrogen-bond acceptors (Lipinski definition) is 3. The van der Waals surface area contributed by atoms with Gasteiger partial charge in [-0.05, 0) is 13.8 Å². The van der Waals surface area contributed by atoms with Gasteiger partial charge in [0, 0.05) is 11.3 Å². The van der Waals surface area contributed by atoms with Crippen LogP contribution in [0.4, 0.5) is 0 Å². The second-order valence-electron chi connectivity index (χ2n) is 5.05. The van der Waals surface area contributed by atoms with Gasteiger partial charge in [-0.15, -0.1) is 0 Å². The first-order valence-corrected chi connectivity index (χ1v) is 5.19. The zero-order chi connectivity index (χ0) is 12.7. The van der Waals surface area contributed by atoms with Crippen molar-refractivity contribution in [3.63, 3.8) is 0 Å². The zero-order valence-electron chi connectivity index (χ0n) is 10.3. The van der Waals surface area contributed by atoms with Gasteiger partial charge in [-0.25, -0.2) is 0 Å². The molecule has 1 aliphatic carbocycles. The average molecular weight is 226 g/mol. The minimum absolute atomic E-state index is 0.296. The largest absolute Gasteiger partial charge is 0.480 e. The van der Waals surface area contributed by atoms with Gasteiger partial charge in [-0.3, -0.25) is 9.59 Å². The third kappa shape index (κ3) is 1.36. The van der Waals surface area contributed by atoms with E-state index in [9.17, 15) is 14.7 Å². The number of allylic oxidation sites excluding steroid dienone is 2. The number of rotatable bonds is 3. The number of hydrogen-bond donors (Lipinski definition) is 1. The van der Waals surface area contributed by atoms with Crippen LogP contribution >= 0.6 is 0 Å². The lowest BCUT2D eigenvalue weighted by Crippen LogP contribution is -2.32. The van der Waals surface area contributed by atoms with E-state index in [-0.39, 0.29) is 5.92 Å². The van der Waals surface area contributed by atoms with Crippen molar-refractivity contribution in [3.05, 3.63) is 11.6 Å². The number of ether oxygens (including phenoxy) is 1. The standard InChI is InChI=1S/C12H18O4/c1-7(2)6-8-11(3,4)12(8,9(13)14)10(15)16-5/h6,8H,1-5H3,(H,13,14). The van der Waals surface area contributed by atoms with Gasteiger partial charge in [0.05, 0.1) is 7.11 Å². The molecule has 0 amide bonds. The highest BCUT2D eigenvalue weighted by Gasteiger charge is 2.80. The molecular formula is C12H18O4. The lowest BCUT2D eigenvalue weighted by molar-refractivity contribution is -0.161. The molecule has 0 aromatic carbocycles. The van der Waals surface area contributed by atoms with Crippen molar-refractivity contribution < 1.29 is 19.4 Å². The Labute approximate surface area is 95.3 Å². The second kappa shape index (κ2) is 3.61. The fourth-order valence-corrected chi connectivity index (χ4v) is 2.52. The highest BCUT2D eigenvalue weighted by Crippen LogP contribution is 2.70. The Morgan fingerprint density at radius 1 is 1.31 bits per heavy atom. The van der Waals surface area contributed by atoms with Crippen molar-refractivity contribution in [1.29, 1.82) is 0 Å². The average Bonchev–Trinajstić information content (AvgIpc) is 2.62. The number of esters is 1. The summed E-state index contributed by atoms with van der Waals surface area (Å²) in [7, 11) is 1.22. The smallest absolute Gasteiger partial charge is 0.324 e. The lowest BCUT2D eigenvalue weighted by atomic mass is 9.96. The van der Waals surface area contributed by atoms with Gasteiger partial charge >= 0.3 is 11.9 Å². The van der Waals surface area contributed by atoms with Crippen LogP contribution in [0, 0.1) is 16.7 Å². The van der Waals surface area contributed by atoms with Gasteiger partial charge in [-0.1, -0.05) is 25.5 Å². The normalized spacial score (nSPS) is 30.4. The molecule has 1 saturated carbocycles.